The minimum absolute atomic E-state index is 0.0249. The predicted molar refractivity (Wildman–Crippen MR) is 367 cm³/mol. The smallest absolute Gasteiger partial charge is 0.343 e. The summed E-state index contributed by atoms with van der Waals surface area (Å²) in [5, 5.41) is 8.24. The molecule has 28 heteroatoms. The van der Waals surface area contributed by atoms with Crippen molar-refractivity contribution < 1.29 is 70.7 Å². The van der Waals surface area contributed by atoms with Gasteiger partial charge in [0, 0.05) is 69.0 Å². The van der Waals surface area contributed by atoms with Gasteiger partial charge in [0.15, 0.2) is 0 Å². The molecule has 1 aromatic carbocycles. The van der Waals surface area contributed by atoms with Gasteiger partial charge >= 0.3 is 6.18 Å². The molecule has 24 nitrogen and oxygen atoms in total. The molecule has 3 N–H and O–H groups in total. The fraction of sp³-hybridized carbons (Fsp3) is 0.750. The lowest BCUT2D eigenvalue weighted by Crippen LogP contribution is -2.65. The third-order valence-electron chi connectivity index (χ3n) is 22.5. The van der Waals surface area contributed by atoms with E-state index in [9.17, 15) is 46.7 Å². The summed E-state index contributed by atoms with van der Waals surface area (Å²) in [5.74, 6) is -8.33. The van der Waals surface area contributed by atoms with Gasteiger partial charge in [-0.05, 0) is 131 Å². The molecule has 3 heterocycles. The number of aryl methyl sites for hydroxylation is 1. The van der Waals surface area contributed by atoms with Crippen molar-refractivity contribution in [3.05, 3.63) is 34.3 Å². The topological polar surface area (TPSA) is 270 Å². The van der Waals surface area contributed by atoms with E-state index in [4.69, 9.17) is 11.6 Å². The maximum atomic E-state index is 15.8. The summed E-state index contributed by atoms with van der Waals surface area (Å²) in [7, 11) is 10.1. The van der Waals surface area contributed by atoms with Crippen LogP contribution in [0.15, 0.2) is 18.2 Å². The number of carbonyl (C=O) groups excluding carboxylic acids is 12. The van der Waals surface area contributed by atoms with Gasteiger partial charge in [-0.3, -0.25) is 57.5 Å². The maximum Gasteiger partial charge on any atom is 0.417 e. The van der Waals surface area contributed by atoms with Crippen molar-refractivity contribution in [2.24, 2.45) is 23.7 Å². The lowest BCUT2D eigenvalue weighted by Gasteiger charge is -2.43. The highest BCUT2D eigenvalue weighted by molar-refractivity contribution is 6.31. The summed E-state index contributed by atoms with van der Waals surface area (Å²) >= 11 is 6.16. The van der Waals surface area contributed by atoms with Crippen LogP contribution in [0, 0.1) is 23.7 Å². The van der Waals surface area contributed by atoms with Crippen LogP contribution < -0.4 is 16.0 Å². The molecular weight excluding hydrogens is 1320 g/mol. The Morgan fingerprint density at radius 1 is 0.590 bits per heavy atom. The van der Waals surface area contributed by atoms with E-state index in [1.807, 2.05) is 13.8 Å². The first-order valence-corrected chi connectivity index (χ1v) is 36.9. The SMILES string of the molecule is CC(C)C[C@H]1C(=O)N[C@@H](C2CCC2)C(=O)N(C)CC(=O)N(C)CC(=O)N(C)[C@@H](CC2CCCCC2)C(=O)N(C)CC(=O)N[C@@H](CCc2ccc(C(F)(F)F)c(Cl)c2)C(=O)N2CCCC2C(=O)NC2(CCCC2)C(=O)N(C)[C@@H](C2CCCCC2)C(=O)N(C)[C@H](C(=O)N2CCCC2)CC(=O)N1C. The minimum atomic E-state index is -4.76. The number of benzene rings is 1. The van der Waals surface area contributed by atoms with E-state index in [1.165, 1.54) is 84.8 Å². The van der Waals surface area contributed by atoms with Gasteiger partial charge in [0.05, 0.1) is 36.6 Å². The van der Waals surface area contributed by atoms with Crippen molar-refractivity contribution in [1.82, 2.24) is 60.0 Å². The maximum absolute atomic E-state index is 15.8. The first kappa shape index (κ1) is 78.7. The van der Waals surface area contributed by atoms with Gasteiger partial charge in [0.25, 0.3) is 0 Å². The minimum Gasteiger partial charge on any atom is -0.343 e. The van der Waals surface area contributed by atoms with Gasteiger partial charge in [-0.2, -0.15) is 13.2 Å². The van der Waals surface area contributed by atoms with Crippen molar-refractivity contribution in [3.8, 4) is 0 Å². The Kier molecular flexibility index (Phi) is 27.3. The third-order valence-corrected chi connectivity index (χ3v) is 22.8. The second-order valence-electron chi connectivity index (χ2n) is 30.1. The van der Waals surface area contributed by atoms with E-state index in [0.29, 0.717) is 76.4 Å². The highest BCUT2D eigenvalue weighted by Gasteiger charge is 2.52. The van der Waals surface area contributed by atoms with Gasteiger partial charge in [0.2, 0.25) is 70.9 Å². The predicted octanol–water partition coefficient (Wildman–Crippen LogP) is 5.79. The first-order chi connectivity index (χ1) is 47.3. The van der Waals surface area contributed by atoms with Crippen LogP contribution in [0.25, 0.3) is 0 Å². The number of likely N-dealkylation sites (tertiary alicyclic amines) is 1. The molecule has 1 spiro atoms. The summed E-state index contributed by atoms with van der Waals surface area (Å²) in [4.78, 5) is 191. The van der Waals surface area contributed by atoms with Crippen molar-refractivity contribution >= 4 is 82.5 Å². The molecular formula is C72H108ClF3N12O12. The number of nitrogens with zero attached hydrogens (tertiary/aromatic N) is 9. The van der Waals surface area contributed by atoms with Gasteiger partial charge < -0.3 is 60.0 Å². The Morgan fingerprint density at radius 3 is 1.79 bits per heavy atom. The first-order valence-electron chi connectivity index (χ1n) is 36.5. The van der Waals surface area contributed by atoms with E-state index in [-0.39, 0.29) is 69.2 Å². The average Bonchev–Trinajstić information content (AvgIpc) is 1.43. The molecule has 0 aromatic heterocycles. The van der Waals surface area contributed by atoms with Crippen LogP contribution in [0.3, 0.4) is 0 Å². The van der Waals surface area contributed by atoms with Crippen LogP contribution in [0.4, 0.5) is 13.2 Å². The number of halogens is 4. The molecule has 7 aliphatic rings. The molecule has 4 aliphatic carbocycles. The molecule has 4 saturated carbocycles. The molecule has 556 valence electrons. The lowest BCUT2D eigenvalue weighted by atomic mass is 9.79. The Hall–Kier alpha value is -7.06. The Bertz CT molecular complexity index is 3150. The van der Waals surface area contributed by atoms with E-state index < -0.39 is 167 Å². The largest absolute Gasteiger partial charge is 0.417 e. The summed E-state index contributed by atoms with van der Waals surface area (Å²) in [6, 6.07) is -5.36. The highest BCUT2D eigenvalue weighted by atomic mass is 35.5. The zero-order valence-electron chi connectivity index (χ0n) is 60.1. The van der Waals surface area contributed by atoms with Crippen LogP contribution in [-0.2, 0) is 70.1 Å². The standard InChI is InChI=1S/C72H108ClF3N12O12/c1-45(2)38-54-63(93)78-61(48-26-20-27-48)68(98)82(5)43-59(91)80(3)44-60(92)84(7)55(40-46-22-12-10-13-23-46)66(96)81(4)42-57(89)77-52(32-30-47-29-31-50(51(73)39-47)72(74,75)76)65(95)88-37-21-28-53(88)64(94)79-71(33-16-17-34-71)70(100)86(9)62(49-24-14-11-15-25-49)69(99)85(8)56(41-58(90)83(54)6)67(97)87-35-18-19-36-87/h29,31,39,45-46,48-49,52-56,61-62H,10-28,30,32-38,40-44H2,1-9H3,(H,77,89)(H,78,93)(H,79,94)/t52-,53?,54-,55-,56-,61-,62-/m0/s1. The molecule has 1 unspecified atom stereocenters. The summed E-state index contributed by atoms with van der Waals surface area (Å²) < 4.78 is 41.6. The van der Waals surface area contributed by atoms with Crippen molar-refractivity contribution in [3.63, 3.8) is 0 Å². The average molecular weight is 1430 g/mol. The zero-order valence-corrected chi connectivity index (χ0v) is 60.9. The molecule has 7 atom stereocenters. The third kappa shape index (κ3) is 19.2. The monoisotopic (exact) mass is 1420 g/mol. The van der Waals surface area contributed by atoms with E-state index in [0.717, 1.165) is 79.7 Å². The Labute approximate surface area is 592 Å². The fourth-order valence-corrected chi connectivity index (χ4v) is 16.5. The van der Waals surface area contributed by atoms with Crippen molar-refractivity contribution in [2.75, 3.05) is 88.6 Å². The van der Waals surface area contributed by atoms with E-state index in [1.54, 1.807) is 4.90 Å². The molecule has 3 aliphatic heterocycles. The van der Waals surface area contributed by atoms with E-state index >= 15 is 24.0 Å². The van der Waals surface area contributed by atoms with Gasteiger partial charge in [0.1, 0.15) is 47.8 Å². The number of nitrogens with one attached hydrogen (secondary N) is 3. The molecule has 3 saturated heterocycles. The Balaban J connectivity index is 1.16. The number of hydrogen-bond acceptors (Lipinski definition) is 12. The normalized spacial score (nSPS) is 27.4. The second-order valence-corrected chi connectivity index (χ2v) is 30.5. The fourth-order valence-electron chi connectivity index (χ4n) is 16.1. The molecule has 0 bridgehead atoms. The van der Waals surface area contributed by atoms with Crippen LogP contribution in [0.5, 0.6) is 0 Å². The number of alkyl halides is 3. The van der Waals surface area contributed by atoms with Crippen LogP contribution >= 0.6 is 11.6 Å². The molecule has 100 heavy (non-hydrogen) atoms. The summed E-state index contributed by atoms with van der Waals surface area (Å²) in [6.45, 7) is 2.94. The van der Waals surface area contributed by atoms with Gasteiger partial charge in [-0.15, -0.1) is 0 Å². The number of carbonyl (C=O) groups is 12. The van der Waals surface area contributed by atoms with Crippen LogP contribution in [0.2, 0.25) is 5.02 Å². The van der Waals surface area contributed by atoms with Gasteiger partial charge in [-0.1, -0.05) is 102 Å². The van der Waals surface area contributed by atoms with Crippen molar-refractivity contribution in [1.29, 1.82) is 0 Å². The van der Waals surface area contributed by atoms with Gasteiger partial charge in [-0.25, -0.2) is 0 Å². The number of rotatable bonds is 10. The van der Waals surface area contributed by atoms with Crippen molar-refractivity contribution in [2.45, 2.75) is 235 Å². The molecule has 1 aromatic rings. The molecule has 0 radical (unpaired) electrons. The quantitative estimate of drug-likeness (QED) is 0.251. The van der Waals surface area contributed by atoms with Crippen LogP contribution in [-0.4, -0.2) is 251 Å². The highest BCUT2D eigenvalue weighted by Crippen LogP contribution is 2.39. The number of hydrogen-bond donors (Lipinski definition) is 3. The van der Waals surface area contributed by atoms with E-state index in [2.05, 4.69) is 16.0 Å². The Morgan fingerprint density at radius 2 is 1.19 bits per heavy atom. The molecule has 7 fully saturated rings. The summed E-state index contributed by atoms with van der Waals surface area (Å²) in [5.41, 5.74) is -2.33. The molecule has 12 amide bonds. The second kappa shape index (κ2) is 34.7. The number of fused-ring (bicyclic) bond motifs is 1. The number of likely N-dealkylation sites (N-methyl/N-ethyl adjacent to an activating group) is 7. The number of amides is 12. The lowest BCUT2D eigenvalue weighted by molar-refractivity contribution is -0.156. The van der Waals surface area contributed by atoms with Crippen LogP contribution in [0.1, 0.15) is 185 Å². The summed E-state index contributed by atoms with van der Waals surface area (Å²) in [6.07, 6.45) is 7.91. The molecule has 8 rings (SSSR count). The zero-order chi connectivity index (χ0) is 73.1.